The van der Waals surface area contributed by atoms with Crippen LogP contribution in [-0.4, -0.2) is 82.3 Å². The first kappa shape index (κ1) is 76.4. The predicted molar refractivity (Wildman–Crippen MR) is 343 cm³/mol. The molecular formula is C72H119NO8. The minimum Gasteiger partial charge on any atom is -0.545 e. The summed E-state index contributed by atoms with van der Waals surface area (Å²) in [6, 6.07) is 0. The van der Waals surface area contributed by atoms with Gasteiger partial charge in [0, 0.05) is 12.8 Å². The molecule has 0 aromatic carbocycles. The van der Waals surface area contributed by atoms with Crippen molar-refractivity contribution >= 4 is 17.9 Å². The van der Waals surface area contributed by atoms with Crippen LogP contribution >= 0.6 is 0 Å². The summed E-state index contributed by atoms with van der Waals surface area (Å²) >= 11 is 0. The van der Waals surface area contributed by atoms with Gasteiger partial charge in [0.2, 0.25) is 0 Å². The zero-order valence-electron chi connectivity index (χ0n) is 52.4. The minimum absolute atomic E-state index is 0.138. The quantitative estimate of drug-likeness (QED) is 0.0195. The summed E-state index contributed by atoms with van der Waals surface area (Å²) in [5, 5.41) is 11.8. The molecule has 0 spiro atoms. The summed E-state index contributed by atoms with van der Waals surface area (Å²) in [7, 11) is 5.91. The first-order chi connectivity index (χ1) is 39.6. The number of carbonyl (C=O) groups excluding carboxylic acids is 3. The van der Waals surface area contributed by atoms with Gasteiger partial charge in [0.05, 0.1) is 40.3 Å². The monoisotopic (exact) mass is 1130 g/mol. The molecule has 0 N–H and O–H groups in total. The number of carboxylic acid groups (broad SMARTS) is 1. The molecule has 460 valence electrons. The number of hydrogen-bond donors (Lipinski definition) is 0. The molecule has 0 aromatic heterocycles. The Bertz CT molecular complexity index is 1790. The fourth-order valence-electron chi connectivity index (χ4n) is 8.51. The second-order valence-electron chi connectivity index (χ2n) is 22.3. The van der Waals surface area contributed by atoms with Crippen molar-refractivity contribution in [3.8, 4) is 0 Å². The normalized spacial score (nSPS) is 13.6. The van der Waals surface area contributed by atoms with Crippen molar-refractivity contribution in [3.63, 3.8) is 0 Å². The molecule has 0 amide bonds. The van der Waals surface area contributed by atoms with Crippen LogP contribution in [0, 0.1) is 0 Å². The number of unbranched alkanes of at least 4 members (excludes halogenated alkanes) is 21. The van der Waals surface area contributed by atoms with E-state index in [1.807, 2.05) is 21.1 Å². The molecule has 0 radical (unpaired) electrons. The number of hydrogen-bond acceptors (Lipinski definition) is 8. The number of ether oxygens (including phenoxy) is 4. The minimum atomic E-state index is -1.63. The lowest BCUT2D eigenvalue weighted by Crippen LogP contribution is -2.44. The highest BCUT2D eigenvalue weighted by Gasteiger charge is 2.22. The molecule has 0 aromatic rings. The van der Waals surface area contributed by atoms with Gasteiger partial charge in [-0.15, -0.1) is 0 Å². The topological polar surface area (TPSA) is 111 Å². The van der Waals surface area contributed by atoms with E-state index in [-0.39, 0.29) is 38.6 Å². The zero-order valence-corrected chi connectivity index (χ0v) is 52.4. The molecule has 9 nitrogen and oxygen atoms in total. The number of nitrogens with zero attached hydrogens (tertiary/aromatic N) is 1. The average molecular weight is 1130 g/mol. The second-order valence-corrected chi connectivity index (χ2v) is 22.3. The van der Waals surface area contributed by atoms with E-state index in [1.54, 1.807) is 0 Å². The Morgan fingerprint density at radius 3 is 0.988 bits per heavy atom. The van der Waals surface area contributed by atoms with Crippen molar-refractivity contribution in [3.05, 3.63) is 134 Å². The van der Waals surface area contributed by atoms with Gasteiger partial charge < -0.3 is 33.3 Å². The lowest BCUT2D eigenvalue weighted by molar-refractivity contribution is -0.870. The highest BCUT2D eigenvalue weighted by molar-refractivity contribution is 5.70. The summed E-state index contributed by atoms with van der Waals surface area (Å²) in [6.07, 6.45) is 85.1. The SMILES string of the molecule is CC/C=C\C/C=C\C/C=C\C/C=C\C/C=C\C/C=C\CCCCCCCCC(=O)OC(COC(=O)CCCCCCCCCCCCCCCCC/C=C\C/C=C\C/C=C\C/C=C\C/C=C\CC)COC(OCC[N+](C)(C)C)C(=O)[O-]. The van der Waals surface area contributed by atoms with Crippen LogP contribution < -0.4 is 5.11 Å². The molecule has 9 heteroatoms. The van der Waals surface area contributed by atoms with Crippen LogP contribution in [0.4, 0.5) is 0 Å². The van der Waals surface area contributed by atoms with Crippen LogP contribution in [0.25, 0.3) is 0 Å². The highest BCUT2D eigenvalue weighted by Crippen LogP contribution is 2.16. The van der Waals surface area contributed by atoms with E-state index in [4.69, 9.17) is 18.9 Å². The van der Waals surface area contributed by atoms with Gasteiger partial charge in [-0.05, 0) is 109 Å². The Morgan fingerprint density at radius 1 is 0.370 bits per heavy atom. The van der Waals surface area contributed by atoms with Gasteiger partial charge >= 0.3 is 11.9 Å². The summed E-state index contributed by atoms with van der Waals surface area (Å²) in [6.45, 7) is 4.50. The third-order valence-electron chi connectivity index (χ3n) is 13.4. The van der Waals surface area contributed by atoms with E-state index in [0.29, 0.717) is 17.4 Å². The van der Waals surface area contributed by atoms with Gasteiger partial charge in [0.1, 0.15) is 13.2 Å². The third-order valence-corrected chi connectivity index (χ3v) is 13.4. The van der Waals surface area contributed by atoms with Crippen LogP contribution in [0.15, 0.2) is 134 Å². The van der Waals surface area contributed by atoms with Crippen molar-refractivity contribution in [1.82, 2.24) is 0 Å². The average Bonchev–Trinajstić information content (AvgIpc) is 3.44. The first-order valence-electron chi connectivity index (χ1n) is 32.3. The van der Waals surface area contributed by atoms with Crippen LogP contribution in [0.2, 0.25) is 0 Å². The Morgan fingerprint density at radius 2 is 0.667 bits per heavy atom. The molecule has 0 aliphatic carbocycles. The first-order valence-corrected chi connectivity index (χ1v) is 32.3. The van der Waals surface area contributed by atoms with E-state index >= 15 is 0 Å². The Balaban J connectivity index is 4.21. The molecular weight excluding hydrogens is 1010 g/mol. The van der Waals surface area contributed by atoms with E-state index in [9.17, 15) is 19.5 Å². The number of carboxylic acids is 1. The molecule has 0 fully saturated rings. The maximum Gasteiger partial charge on any atom is 0.306 e. The molecule has 2 unspecified atom stereocenters. The standard InChI is InChI=1S/C72H119NO8/c1-6-8-10-12-14-16-18-20-22-24-26-28-30-32-33-34-35-36-37-39-40-42-44-46-48-50-52-54-56-58-60-62-69(74)79-66-68(67-80-72(71(76)77)78-65-64-73(3,4)5)81-70(75)63-61-59-57-55-53-51-49-47-45-43-41-38-31-29-27-25-23-21-19-17-15-13-11-9-7-2/h8-11,14-17,20-23,26-29,32-33,38,41,45,47,68,72H,6-7,12-13,18-19,24-25,30-31,34-37,39-40,42-44,46,48-67H2,1-5H3/b10-8-,11-9-,16-14-,17-15-,22-20-,23-21-,28-26-,29-27-,33-32-,41-38-,47-45-. The highest BCUT2D eigenvalue weighted by atomic mass is 16.7. The molecule has 0 rings (SSSR count). The molecule has 2 atom stereocenters. The number of carbonyl (C=O) groups is 3. The molecule has 0 saturated heterocycles. The maximum atomic E-state index is 12.9. The Kier molecular flexibility index (Phi) is 58.0. The van der Waals surface area contributed by atoms with Crippen LogP contribution in [0.3, 0.4) is 0 Å². The molecule has 0 aliphatic heterocycles. The third kappa shape index (κ3) is 62.9. The summed E-state index contributed by atoms with van der Waals surface area (Å²) in [4.78, 5) is 37.4. The lowest BCUT2D eigenvalue weighted by atomic mass is 10.0. The van der Waals surface area contributed by atoms with Gasteiger partial charge in [-0.3, -0.25) is 9.59 Å². The largest absolute Gasteiger partial charge is 0.545 e. The van der Waals surface area contributed by atoms with Gasteiger partial charge in [0.25, 0.3) is 0 Å². The summed E-state index contributed by atoms with van der Waals surface area (Å²) in [5.74, 6) is -2.31. The van der Waals surface area contributed by atoms with E-state index < -0.39 is 24.3 Å². The molecule has 0 aliphatic rings. The smallest absolute Gasteiger partial charge is 0.306 e. The number of allylic oxidation sites excluding steroid dienone is 22. The van der Waals surface area contributed by atoms with Crippen molar-refractivity contribution in [2.75, 3.05) is 47.5 Å². The van der Waals surface area contributed by atoms with E-state index in [2.05, 4.69) is 148 Å². The fourth-order valence-corrected chi connectivity index (χ4v) is 8.51. The summed E-state index contributed by atoms with van der Waals surface area (Å²) < 4.78 is 22.7. The van der Waals surface area contributed by atoms with Crippen LogP contribution in [0.1, 0.15) is 245 Å². The maximum absolute atomic E-state index is 12.9. The number of rotatable bonds is 58. The Hall–Kier alpha value is -4.57. The second kappa shape index (κ2) is 61.5. The number of esters is 2. The molecule has 0 bridgehead atoms. The fraction of sp³-hybridized carbons (Fsp3) is 0.653. The van der Waals surface area contributed by atoms with Gasteiger partial charge in [-0.2, -0.15) is 0 Å². The van der Waals surface area contributed by atoms with Gasteiger partial charge in [0.15, 0.2) is 12.4 Å². The molecule has 81 heavy (non-hydrogen) atoms. The lowest BCUT2D eigenvalue weighted by Gasteiger charge is -2.26. The number of likely N-dealkylation sites (N-methyl/N-ethyl adjacent to an activating group) is 1. The predicted octanol–water partition coefficient (Wildman–Crippen LogP) is 18.5. The van der Waals surface area contributed by atoms with E-state index in [0.717, 1.165) is 128 Å². The van der Waals surface area contributed by atoms with Crippen molar-refractivity contribution < 1.29 is 42.9 Å². The van der Waals surface area contributed by atoms with Crippen LogP contribution in [-0.2, 0) is 33.3 Å². The van der Waals surface area contributed by atoms with Gasteiger partial charge in [-0.1, -0.05) is 257 Å². The van der Waals surface area contributed by atoms with Gasteiger partial charge in [-0.25, -0.2) is 0 Å². The van der Waals surface area contributed by atoms with Crippen molar-refractivity contribution in [2.24, 2.45) is 0 Å². The summed E-state index contributed by atoms with van der Waals surface area (Å²) in [5.41, 5.74) is 0. The molecule has 0 saturated carbocycles. The Labute approximate surface area is 497 Å². The van der Waals surface area contributed by atoms with Crippen molar-refractivity contribution in [2.45, 2.75) is 257 Å². The molecule has 0 heterocycles. The van der Waals surface area contributed by atoms with E-state index in [1.165, 1.54) is 83.5 Å². The van der Waals surface area contributed by atoms with Crippen molar-refractivity contribution in [1.29, 1.82) is 0 Å². The number of aliphatic carboxylic acids is 1. The zero-order chi connectivity index (χ0) is 59.1. The van der Waals surface area contributed by atoms with Crippen LogP contribution in [0.5, 0.6) is 0 Å². The number of quaternary nitrogens is 1.